The lowest BCUT2D eigenvalue weighted by Gasteiger charge is -2.53. The van der Waals surface area contributed by atoms with Gasteiger partial charge in [-0.2, -0.15) is 8.42 Å². The van der Waals surface area contributed by atoms with Crippen LogP contribution >= 0.6 is 0 Å². The van der Waals surface area contributed by atoms with Gasteiger partial charge < -0.3 is 4.74 Å². The van der Waals surface area contributed by atoms with Crippen LogP contribution in [0.15, 0.2) is 29.2 Å². The topological polar surface area (TPSA) is 52.6 Å². The third kappa shape index (κ3) is 4.14. The molecule has 1 aromatic rings. The van der Waals surface area contributed by atoms with Gasteiger partial charge in [0.15, 0.2) is 0 Å². The minimum Gasteiger partial charge on any atom is -0.378 e. The third-order valence-corrected chi connectivity index (χ3v) is 6.50. The van der Waals surface area contributed by atoms with Gasteiger partial charge in [0, 0.05) is 6.61 Å². The van der Waals surface area contributed by atoms with Crippen LogP contribution < -0.4 is 0 Å². The van der Waals surface area contributed by atoms with Gasteiger partial charge in [0.25, 0.3) is 10.1 Å². The van der Waals surface area contributed by atoms with Crippen molar-refractivity contribution in [2.75, 3.05) is 13.2 Å². The standard InChI is InChI=1S/C18H26O4S/c1-15-5-7-17(8-6-15)23(19,20)22-12-3-2-11-21-16-13-18(14-16)9-4-10-18/h5-8,16H,2-4,9-14H2,1H3. The molecule has 0 N–H and O–H groups in total. The summed E-state index contributed by atoms with van der Waals surface area (Å²) < 4.78 is 34.9. The Bertz CT molecular complexity index is 609. The molecule has 0 unspecified atom stereocenters. The van der Waals surface area contributed by atoms with Crippen molar-refractivity contribution in [2.45, 2.75) is 62.9 Å². The van der Waals surface area contributed by atoms with Crippen LogP contribution in [-0.2, 0) is 19.0 Å². The molecule has 23 heavy (non-hydrogen) atoms. The highest BCUT2D eigenvalue weighted by Crippen LogP contribution is 2.56. The summed E-state index contributed by atoms with van der Waals surface area (Å²) in [6.45, 7) is 2.84. The molecule has 1 spiro atoms. The summed E-state index contributed by atoms with van der Waals surface area (Å²) in [6.07, 6.45) is 8.59. The number of benzene rings is 1. The number of rotatable bonds is 8. The molecule has 0 aromatic heterocycles. The largest absolute Gasteiger partial charge is 0.378 e. The highest BCUT2D eigenvalue weighted by Gasteiger charge is 2.48. The number of hydrogen-bond acceptors (Lipinski definition) is 4. The van der Waals surface area contributed by atoms with Crippen molar-refractivity contribution in [2.24, 2.45) is 5.41 Å². The molecule has 2 aliphatic carbocycles. The lowest BCUT2D eigenvalue weighted by atomic mass is 9.55. The fourth-order valence-corrected chi connectivity index (χ4v) is 4.45. The second-order valence-corrected chi connectivity index (χ2v) is 8.67. The van der Waals surface area contributed by atoms with Crippen LogP contribution in [0.1, 0.15) is 50.5 Å². The van der Waals surface area contributed by atoms with E-state index >= 15 is 0 Å². The normalized spacial score (nSPS) is 20.2. The first-order valence-corrected chi connectivity index (χ1v) is 9.98. The second-order valence-electron chi connectivity index (χ2n) is 7.05. The molecule has 2 aliphatic rings. The molecule has 0 atom stereocenters. The van der Waals surface area contributed by atoms with Crippen molar-refractivity contribution < 1.29 is 17.3 Å². The lowest BCUT2D eigenvalue weighted by Crippen LogP contribution is -2.47. The van der Waals surface area contributed by atoms with Gasteiger partial charge in [0.05, 0.1) is 17.6 Å². The summed E-state index contributed by atoms with van der Waals surface area (Å²) in [4.78, 5) is 0.222. The maximum Gasteiger partial charge on any atom is 0.296 e. The SMILES string of the molecule is Cc1ccc(S(=O)(=O)OCCCCOC2CC3(CCC3)C2)cc1. The zero-order valence-corrected chi connectivity index (χ0v) is 14.6. The van der Waals surface area contributed by atoms with E-state index in [-0.39, 0.29) is 11.5 Å². The van der Waals surface area contributed by atoms with Crippen molar-refractivity contribution in [1.29, 1.82) is 0 Å². The van der Waals surface area contributed by atoms with Crippen LogP contribution in [0, 0.1) is 12.3 Å². The molecule has 0 amide bonds. The van der Waals surface area contributed by atoms with Gasteiger partial charge in [-0.3, -0.25) is 4.18 Å². The summed E-state index contributed by atoms with van der Waals surface area (Å²) in [7, 11) is -3.63. The van der Waals surface area contributed by atoms with Crippen LogP contribution in [-0.4, -0.2) is 27.7 Å². The van der Waals surface area contributed by atoms with E-state index in [9.17, 15) is 8.42 Å². The van der Waals surface area contributed by atoms with Crippen molar-refractivity contribution in [3.05, 3.63) is 29.8 Å². The van der Waals surface area contributed by atoms with Gasteiger partial charge in [-0.25, -0.2) is 0 Å². The van der Waals surface area contributed by atoms with E-state index in [0.29, 0.717) is 24.5 Å². The first kappa shape index (κ1) is 16.9. The monoisotopic (exact) mass is 338 g/mol. The highest BCUT2D eigenvalue weighted by atomic mass is 32.2. The molecule has 0 heterocycles. The average Bonchev–Trinajstić information content (AvgIpc) is 2.43. The summed E-state index contributed by atoms with van der Waals surface area (Å²) in [5.41, 5.74) is 1.68. The maximum atomic E-state index is 12.0. The molecule has 3 rings (SSSR count). The van der Waals surface area contributed by atoms with Gasteiger partial charge >= 0.3 is 0 Å². The fraction of sp³-hybridized carbons (Fsp3) is 0.667. The Labute approximate surface area is 139 Å². The molecule has 128 valence electrons. The van der Waals surface area contributed by atoms with Gasteiger partial charge in [-0.15, -0.1) is 0 Å². The van der Waals surface area contributed by atoms with Gasteiger partial charge in [0.2, 0.25) is 0 Å². The number of unbranched alkanes of at least 4 members (excludes halogenated alkanes) is 1. The fourth-order valence-electron chi connectivity index (χ4n) is 3.50. The minimum absolute atomic E-state index is 0.216. The van der Waals surface area contributed by atoms with Crippen LogP contribution in [0.2, 0.25) is 0 Å². The summed E-state index contributed by atoms with van der Waals surface area (Å²) in [5, 5.41) is 0. The van der Waals surface area contributed by atoms with Crippen molar-refractivity contribution in [1.82, 2.24) is 0 Å². The predicted octanol–water partition coefficient (Wildman–Crippen LogP) is 3.83. The molecule has 0 saturated heterocycles. The molecule has 1 aromatic carbocycles. The molecular weight excluding hydrogens is 312 g/mol. The molecule has 4 nitrogen and oxygen atoms in total. The van der Waals surface area contributed by atoms with E-state index in [0.717, 1.165) is 12.0 Å². The van der Waals surface area contributed by atoms with E-state index in [4.69, 9.17) is 8.92 Å². The van der Waals surface area contributed by atoms with E-state index in [1.807, 2.05) is 6.92 Å². The Morgan fingerprint density at radius 1 is 1.09 bits per heavy atom. The molecule has 2 fully saturated rings. The molecular formula is C18H26O4S. The molecule has 0 bridgehead atoms. The molecule has 5 heteroatoms. The first-order valence-electron chi connectivity index (χ1n) is 8.57. The van der Waals surface area contributed by atoms with E-state index in [1.165, 1.54) is 32.1 Å². The van der Waals surface area contributed by atoms with Crippen molar-refractivity contribution in [3.63, 3.8) is 0 Å². The maximum absolute atomic E-state index is 12.0. The Kier molecular flexibility index (Phi) is 5.09. The quantitative estimate of drug-likeness (QED) is 0.534. The average molecular weight is 338 g/mol. The first-order chi connectivity index (χ1) is 11.0. The Balaban J connectivity index is 1.28. The predicted molar refractivity (Wildman–Crippen MR) is 88.8 cm³/mol. The zero-order chi connectivity index (χ0) is 16.3. The lowest BCUT2D eigenvalue weighted by molar-refractivity contribution is -0.117. The van der Waals surface area contributed by atoms with Crippen molar-refractivity contribution in [3.8, 4) is 0 Å². The van der Waals surface area contributed by atoms with E-state index in [1.54, 1.807) is 24.3 Å². The minimum atomic E-state index is -3.63. The zero-order valence-electron chi connectivity index (χ0n) is 13.8. The van der Waals surface area contributed by atoms with Crippen LogP contribution in [0.5, 0.6) is 0 Å². The Hall–Kier alpha value is -0.910. The molecule has 0 aliphatic heterocycles. The molecule has 2 saturated carbocycles. The van der Waals surface area contributed by atoms with Gasteiger partial charge in [-0.1, -0.05) is 24.1 Å². The highest BCUT2D eigenvalue weighted by molar-refractivity contribution is 7.86. The third-order valence-electron chi connectivity index (χ3n) is 5.18. The van der Waals surface area contributed by atoms with Gasteiger partial charge in [-0.05, 0) is 63.0 Å². The second kappa shape index (κ2) is 6.91. The van der Waals surface area contributed by atoms with E-state index < -0.39 is 10.1 Å². The van der Waals surface area contributed by atoms with Crippen LogP contribution in [0.25, 0.3) is 0 Å². The summed E-state index contributed by atoms with van der Waals surface area (Å²) in [6, 6.07) is 6.72. The summed E-state index contributed by atoms with van der Waals surface area (Å²) in [5.74, 6) is 0. The summed E-state index contributed by atoms with van der Waals surface area (Å²) >= 11 is 0. The Morgan fingerprint density at radius 3 is 2.35 bits per heavy atom. The van der Waals surface area contributed by atoms with Crippen molar-refractivity contribution >= 4 is 10.1 Å². The van der Waals surface area contributed by atoms with Crippen LogP contribution in [0.3, 0.4) is 0 Å². The molecule has 0 radical (unpaired) electrons. The van der Waals surface area contributed by atoms with Gasteiger partial charge in [0.1, 0.15) is 0 Å². The van der Waals surface area contributed by atoms with E-state index in [2.05, 4.69) is 0 Å². The smallest absolute Gasteiger partial charge is 0.296 e. The Morgan fingerprint density at radius 2 is 1.74 bits per heavy atom. The number of ether oxygens (including phenoxy) is 1. The van der Waals surface area contributed by atoms with Crippen LogP contribution in [0.4, 0.5) is 0 Å². The number of aryl methyl sites for hydroxylation is 1. The number of hydrogen-bond donors (Lipinski definition) is 0.